The number of rotatable bonds is 1. The van der Waals surface area contributed by atoms with Crippen molar-refractivity contribution < 1.29 is 0 Å². The fraction of sp³-hybridized carbons (Fsp3) is 1.00. The van der Waals surface area contributed by atoms with Crippen molar-refractivity contribution in [2.45, 2.75) is 26.0 Å². The van der Waals surface area contributed by atoms with Gasteiger partial charge in [0, 0.05) is 0 Å². The first-order valence-corrected chi connectivity index (χ1v) is 3.08. The van der Waals surface area contributed by atoms with E-state index in [1.165, 1.54) is 6.42 Å². The van der Waals surface area contributed by atoms with Crippen molar-refractivity contribution in [2.24, 2.45) is 11.3 Å². The molecular formula is C6H10B. The maximum atomic E-state index is 2.39. The molecule has 3 atom stereocenters. The van der Waals surface area contributed by atoms with Gasteiger partial charge in [-0.15, -0.1) is 0 Å². The smallest absolute Gasteiger partial charge is 0.0917 e. The van der Waals surface area contributed by atoms with Crippen molar-refractivity contribution in [3.05, 3.63) is 0 Å². The lowest BCUT2D eigenvalue weighted by Gasteiger charge is -1.98. The molecular weight excluding hydrogens is 82.9 g/mol. The van der Waals surface area contributed by atoms with Crippen LogP contribution in [-0.2, 0) is 0 Å². The van der Waals surface area contributed by atoms with Gasteiger partial charge in [0.1, 0.15) is 7.28 Å². The molecule has 0 N–H and O–H groups in total. The summed E-state index contributed by atoms with van der Waals surface area (Å²) in [5, 5.41) is 0. The van der Waals surface area contributed by atoms with Gasteiger partial charge in [0.25, 0.3) is 0 Å². The Labute approximate surface area is 45.5 Å². The number of fused-ring (bicyclic) bond motifs is 1. The summed E-state index contributed by atoms with van der Waals surface area (Å²) in [6, 6.07) is 0. The van der Waals surface area contributed by atoms with Gasteiger partial charge < -0.3 is 0 Å². The van der Waals surface area contributed by atoms with Crippen LogP contribution < -0.4 is 0 Å². The van der Waals surface area contributed by atoms with Gasteiger partial charge >= 0.3 is 0 Å². The molecule has 1 heteroatoms. The Hall–Kier alpha value is 0.0649. The van der Waals surface area contributed by atoms with Gasteiger partial charge in [-0.25, -0.2) is 0 Å². The van der Waals surface area contributed by atoms with Gasteiger partial charge in [-0.1, -0.05) is 19.6 Å². The third-order valence-electron chi connectivity index (χ3n) is 2.79. The molecule has 37 valence electrons. The maximum Gasteiger partial charge on any atom is 0.111 e. The molecule has 0 aromatic heterocycles. The Morgan fingerprint density at radius 3 is 2.29 bits per heavy atom. The Morgan fingerprint density at radius 1 is 1.71 bits per heavy atom. The summed E-state index contributed by atoms with van der Waals surface area (Å²) >= 11 is 0. The second-order valence-electron chi connectivity index (χ2n) is 3.18. The highest BCUT2D eigenvalue weighted by Crippen LogP contribution is 2.83. The molecule has 0 saturated heterocycles. The van der Waals surface area contributed by atoms with Gasteiger partial charge in [0.2, 0.25) is 0 Å². The van der Waals surface area contributed by atoms with Crippen LogP contribution in [0.25, 0.3) is 0 Å². The van der Waals surface area contributed by atoms with Crippen molar-refractivity contribution >= 4 is 7.28 Å². The van der Waals surface area contributed by atoms with Gasteiger partial charge in [-0.2, -0.15) is 0 Å². The molecule has 0 spiro atoms. The second-order valence-corrected chi connectivity index (χ2v) is 3.18. The second kappa shape index (κ2) is 0.786. The van der Waals surface area contributed by atoms with Crippen LogP contribution in [0.4, 0.5) is 0 Å². The van der Waals surface area contributed by atoms with Gasteiger partial charge in [0.15, 0.2) is 0 Å². The fourth-order valence-corrected chi connectivity index (χ4v) is 1.83. The maximum absolute atomic E-state index is 2.39. The summed E-state index contributed by atoms with van der Waals surface area (Å²) in [7, 11) is 2.36. The highest BCUT2D eigenvalue weighted by molar-refractivity contribution is 6.38. The first-order chi connectivity index (χ1) is 3.29. The lowest BCUT2D eigenvalue weighted by atomic mass is 9.68. The Balaban J connectivity index is 2.02. The average Bonchev–Trinajstić information content (AvgIpc) is 2.28. The number of hydrogen-bond acceptors (Lipinski definition) is 0. The molecule has 2 aliphatic carbocycles. The zero-order valence-corrected chi connectivity index (χ0v) is 4.94. The minimum Gasteiger partial charge on any atom is -0.0917 e. The largest absolute Gasteiger partial charge is 0.111 e. The van der Waals surface area contributed by atoms with Crippen LogP contribution in [0.1, 0.15) is 13.3 Å². The molecule has 0 aromatic carbocycles. The van der Waals surface area contributed by atoms with E-state index in [9.17, 15) is 0 Å². The topological polar surface area (TPSA) is 0 Å². The van der Waals surface area contributed by atoms with E-state index < -0.39 is 0 Å². The summed E-state index contributed by atoms with van der Waals surface area (Å²) in [5.74, 6) is 2.14. The van der Waals surface area contributed by atoms with Gasteiger partial charge in [0.05, 0.1) is 0 Å². The van der Waals surface area contributed by atoms with Gasteiger partial charge in [-0.05, 0) is 17.8 Å². The zero-order valence-electron chi connectivity index (χ0n) is 4.94. The van der Waals surface area contributed by atoms with Crippen LogP contribution in [0.2, 0.25) is 12.6 Å². The monoisotopic (exact) mass is 93.1 g/mol. The summed E-state index contributed by atoms with van der Waals surface area (Å²) in [6.07, 6.45) is 1.52. The molecule has 7 heavy (non-hydrogen) atoms. The molecule has 0 aliphatic heterocycles. The Morgan fingerprint density at radius 2 is 2.29 bits per heavy atom. The van der Waals surface area contributed by atoms with Crippen LogP contribution >= 0.6 is 0 Å². The van der Waals surface area contributed by atoms with Crippen LogP contribution in [0.5, 0.6) is 0 Å². The van der Waals surface area contributed by atoms with Crippen LogP contribution in [0.15, 0.2) is 0 Å². The predicted molar refractivity (Wildman–Crippen MR) is 31.6 cm³/mol. The van der Waals surface area contributed by atoms with E-state index in [0.717, 1.165) is 17.2 Å². The van der Waals surface area contributed by atoms with E-state index in [2.05, 4.69) is 21.0 Å². The molecule has 0 aromatic rings. The van der Waals surface area contributed by atoms with E-state index in [4.69, 9.17) is 0 Å². The minimum atomic E-state index is 0.828. The van der Waals surface area contributed by atoms with E-state index >= 15 is 0 Å². The molecule has 2 rings (SSSR count). The van der Waals surface area contributed by atoms with E-state index in [1.807, 2.05) is 0 Å². The highest BCUT2D eigenvalue weighted by Gasteiger charge is 2.73. The summed E-state index contributed by atoms with van der Waals surface area (Å²) < 4.78 is 0. The third-order valence-corrected chi connectivity index (χ3v) is 2.79. The van der Waals surface area contributed by atoms with Crippen molar-refractivity contribution in [1.29, 1.82) is 0 Å². The van der Waals surface area contributed by atoms with Gasteiger partial charge in [-0.3, -0.25) is 0 Å². The van der Waals surface area contributed by atoms with Crippen molar-refractivity contribution in [3.8, 4) is 0 Å². The summed E-state index contributed by atoms with van der Waals surface area (Å²) in [4.78, 5) is 0. The lowest BCUT2D eigenvalue weighted by Crippen LogP contribution is -1.93. The molecule has 0 bridgehead atoms. The normalized spacial score (nSPS) is 63.7. The lowest BCUT2D eigenvalue weighted by molar-refractivity contribution is 0.717. The SMILES string of the molecule is C[B]C1C2CC12C. The average molecular weight is 93.0 g/mol. The van der Waals surface area contributed by atoms with E-state index in [1.54, 1.807) is 0 Å². The highest BCUT2D eigenvalue weighted by atomic mass is 14.7. The van der Waals surface area contributed by atoms with Crippen LogP contribution in [-0.4, -0.2) is 7.28 Å². The molecule has 2 saturated carbocycles. The molecule has 2 fully saturated rings. The predicted octanol–water partition coefficient (Wildman–Crippen LogP) is 1.57. The number of hydrogen-bond donors (Lipinski definition) is 0. The quantitative estimate of drug-likeness (QED) is 0.431. The van der Waals surface area contributed by atoms with E-state index in [-0.39, 0.29) is 0 Å². The molecule has 1 radical (unpaired) electrons. The summed E-state index contributed by atoms with van der Waals surface area (Å²) in [6.45, 7) is 4.57. The Bertz CT molecular complexity index is 111. The fourth-order valence-electron chi connectivity index (χ4n) is 1.83. The first-order valence-electron chi connectivity index (χ1n) is 3.08. The van der Waals surface area contributed by atoms with Crippen molar-refractivity contribution in [3.63, 3.8) is 0 Å². The molecule has 0 heterocycles. The standard InChI is InChI=1S/C6H10B/c1-6-3-4(6)5(6)7-2/h4-5H,3H2,1-2H3. The summed E-state index contributed by atoms with van der Waals surface area (Å²) in [5.41, 5.74) is 0.828. The molecule has 0 amide bonds. The van der Waals surface area contributed by atoms with E-state index in [0.29, 0.717) is 0 Å². The van der Waals surface area contributed by atoms with Crippen LogP contribution in [0.3, 0.4) is 0 Å². The molecule has 2 aliphatic rings. The molecule has 0 nitrogen and oxygen atoms in total. The zero-order chi connectivity index (χ0) is 5.07. The van der Waals surface area contributed by atoms with Crippen molar-refractivity contribution in [1.82, 2.24) is 0 Å². The minimum absolute atomic E-state index is 0.828. The van der Waals surface area contributed by atoms with Crippen LogP contribution in [0, 0.1) is 11.3 Å². The Kier molecular flexibility index (Phi) is 0.449. The third kappa shape index (κ3) is 0.276. The van der Waals surface area contributed by atoms with Crippen molar-refractivity contribution in [2.75, 3.05) is 0 Å². The molecule has 3 unspecified atom stereocenters. The first kappa shape index (κ1) is 4.00.